The van der Waals surface area contributed by atoms with Crippen LogP contribution in [0.4, 0.5) is 5.13 Å². The van der Waals surface area contributed by atoms with E-state index in [1.807, 2.05) is 12.1 Å². The van der Waals surface area contributed by atoms with Crippen LogP contribution in [0.5, 0.6) is 0 Å². The van der Waals surface area contributed by atoms with Gasteiger partial charge in [0.05, 0.1) is 25.8 Å². The zero-order valence-electron chi connectivity index (χ0n) is 14.5. The van der Waals surface area contributed by atoms with Crippen molar-refractivity contribution in [2.24, 2.45) is 0 Å². The summed E-state index contributed by atoms with van der Waals surface area (Å²) in [6, 6.07) is 3.59. The monoisotopic (exact) mass is 378 g/mol. The van der Waals surface area contributed by atoms with E-state index in [1.54, 1.807) is 24.9 Å². The third kappa shape index (κ3) is 5.21. The molecule has 1 aliphatic heterocycles. The number of hydrogen-bond acceptors (Lipinski definition) is 8. The Morgan fingerprint density at radius 1 is 1.46 bits per heavy atom. The Morgan fingerprint density at radius 2 is 2.31 bits per heavy atom. The maximum atomic E-state index is 12.6. The molecule has 0 aliphatic carbocycles. The number of nitrogens with zero attached hydrogens (tertiary/aromatic N) is 2. The Balaban J connectivity index is 1.58. The fourth-order valence-electron chi connectivity index (χ4n) is 2.53. The molecule has 26 heavy (non-hydrogen) atoms. The zero-order valence-corrected chi connectivity index (χ0v) is 15.3. The van der Waals surface area contributed by atoms with Crippen LogP contribution in [0.2, 0.25) is 0 Å². The number of carbonyl (C=O) groups excluding carboxylic acids is 1. The number of thiazole rings is 1. The third-order valence-corrected chi connectivity index (χ3v) is 4.65. The molecule has 1 saturated heterocycles. The van der Waals surface area contributed by atoms with E-state index in [-0.39, 0.29) is 18.2 Å². The summed E-state index contributed by atoms with van der Waals surface area (Å²) in [6.07, 6.45) is 3.84. The second kappa shape index (κ2) is 9.58. The van der Waals surface area contributed by atoms with Crippen molar-refractivity contribution in [1.29, 1.82) is 0 Å². The average Bonchev–Trinajstić information content (AvgIpc) is 3.35. The number of aromatic nitrogens is 2. The molecule has 2 aromatic rings. The van der Waals surface area contributed by atoms with E-state index in [0.29, 0.717) is 43.6 Å². The average molecular weight is 378 g/mol. The molecule has 8 nitrogen and oxygen atoms in total. The third-order valence-electron chi connectivity index (χ3n) is 3.85. The highest BCUT2D eigenvalue weighted by Gasteiger charge is 2.19. The number of rotatable bonds is 9. The normalized spacial score (nSPS) is 15.7. The SMILES string of the molecule is COCCC(NC(=O)c1csc(NCC2OCCO2)n1)c1cccnc1. The van der Waals surface area contributed by atoms with Gasteiger partial charge in [0, 0.05) is 31.5 Å². The van der Waals surface area contributed by atoms with Gasteiger partial charge in [0.2, 0.25) is 0 Å². The molecule has 1 atom stereocenters. The summed E-state index contributed by atoms with van der Waals surface area (Å²) in [7, 11) is 1.64. The first-order chi connectivity index (χ1) is 12.8. The van der Waals surface area contributed by atoms with Crippen LogP contribution in [0, 0.1) is 0 Å². The smallest absolute Gasteiger partial charge is 0.271 e. The fraction of sp³-hybridized carbons (Fsp3) is 0.471. The lowest BCUT2D eigenvalue weighted by Crippen LogP contribution is -2.29. The highest BCUT2D eigenvalue weighted by molar-refractivity contribution is 7.13. The van der Waals surface area contributed by atoms with E-state index in [4.69, 9.17) is 14.2 Å². The molecule has 9 heteroatoms. The zero-order chi connectivity index (χ0) is 18.2. The first-order valence-electron chi connectivity index (χ1n) is 8.38. The summed E-state index contributed by atoms with van der Waals surface area (Å²) < 4.78 is 15.9. The van der Waals surface area contributed by atoms with Gasteiger partial charge in [-0.1, -0.05) is 6.07 Å². The Hall–Kier alpha value is -2.07. The molecule has 3 rings (SSSR count). The van der Waals surface area contributed by atoms with E-state index in [1.165, 1.54) is 11.3 Å². The number of amides is 1. The van der Waals surface area contributed by atoms with Gasteiger partial charge in [-0.2, -0.15) is 0 Å². The lowest BCUT2D eigenvalue weighted by Gasteiger charge is -2.18. The van der Waals surface area contributed by atoms with Crippen LogP contribution in [0.25, 0.3) is 0 Å². The Labute approximate surface area is 155 Å². The summed E-state index contributed by atoms with van der Waals surface area (Å²) >= 11 is 1.37. The Bertz CT molecular complexity index is 691. The molecule has 0 spiro atoms. The van der Waals surface area contributed by atoms with Crippen molar-refractivity contribution in [2.45, 2.75) is 18.8 Å². The van der Waals surface area contributed by atoms with Crippen LogP contribution in [-0.2, 0) is 14.2 Å². The quantitative estimate of drug-likeness (QED) is 0.687. The number of hydrogen-bond donors (Lipinski definition) is 2. The predicted octanol–water partition coefficient (Wildman–Crippen LogP) is 1.83. The van der Waals surface area contributed by atoms with Gasteiger partial charge in [-0.25, -0.2) is 4.98 Å². The minimum atomic E-state index is -0.264. The van der Waals surface area contributed by atoms with Crippen molar-refractivity contribution in [3.8, 4) is 0 Å². The number of carbonyl (C=O) groups is 1. The molecule has 0 aromatic carbocycles. The highest BCUT2D eigenvalue weighted by Crippen LogP contribution is 2.19. The van der Waals surface area contributed by atoms with E-state index in [0.717, 1.165) is 5.56 Å². The van der Waals surface area contributed by atoms with Gasteiger partial charge in [-0.05, 0) is 18.1 Å². The van der Waals surface area contributed by atoms with Crippen LogP contribution in [0.15, 0.2) is 29.9 Å². The summed E-state index contributed by atoms with van der Waals surface area (Å²) in [5.41, 5.74) is 1.30. The van der Waals surface area contributed by atoms with Crippen LogP contribution >= 0.6 is 11.3 Å². The molecule has 0 bridgehead atoms. The molecule has 0 radical (unpaired) electrons. The molecule has 140 valence electrons. The molecular weight excluding hydrogens is 356 g/mol. The number of methoxy groups -OCH3 is 1. The number of pyridine rings is 1. The van der Waals surface area contributed by atoms with Crippen LogP contribution < -0.4 is 10.6 Å². The van der Waals surface area contributed by atoms with Gasteiger partial charge in [0.25, 0.3) is 5.91 Å². The lowest BCUT2D eigenvalue weighted by molar-refractivity contribution is -0.0299. The fourth-order valence-corrected chi connectivity index (χ4v) is 3.23. The molecule has 3 heterocycles. The van der Waals surface area contributed by atoms with E-state index >= 15 is 0 Å². The maximum Gasteiger partial charge on any atom is 0.271 e. The topological polar surface area (TPSA) is 94.6 Å². The molecule has 1 amide bonds. The standard InChI is InChI=1S/C17H22N4O4S/c1-23-6-4-13(12-3-2-5-18-9-12)20-16(22)14-11-26-17(21-14)19-10-15-24-7-8-25-15/h2-3,5,9,11,13,15H,4,6-8,10H2,1H3,(H,19,21)(H,20,22). The van der Waals surface area contributed by atoms with Crippen LogP contribution in [-0.4, -0.2) is 55.6 Å². The van der Waals surface area contributed by atoms with Crippen molar-refractivity contribution in [3.05, 3.63) is 41.2 Å². The molecular formula is C17H22N4O4S. The van der Waals surface area contributed by atoms with Crippen molar-refractivity contribution in [1.82, 2.24) is 15.3 Å². The summed E-state index contributed by atoms with van der Waals surface area (Å²) in [6.45, 7) is 2.25. The second-order valence-corrected chi connectivity index (χ2v) is 6.54. The predicted molar refractivity (Wildman–Crippen MR) is 97.2 cm³/mol. The van der Waals surface area contributed by atoms with E-state index in [2.05, 4.69) is 20.6 Å². The van der Waals surface area contributed by atoms with Crippen molar-refractivity contribution in [3.63, 3.8) is 0 Å². The summed E-state index contributed by atoms with van der Waals surface area (Å²) in [5, 5.41) is 8.51. The number of nitrogens with one attached hydrogen (secondary N) is 2. The first-order valence-corrected chi connectivity index (χ1v) is 9.26. The Morgan fingerprint density at radius 3 is 3.04 bits per heavy atom. The molecule has 0 saturated carbocycles. The van der Waals surface area contributed by atoms with Crippen LogP contribution in [0.1, 0.15) is 28.5 Å². The first kappa shape index (κ1) is 18.7. The van der Waals surface area contributed by atoms with Crippen molar-refractivity contribution < 1.29 is 19.0 Å². The van der Waals surface area contributed by atoms with Crippen molar-refractivity contribution in [2.75, 3.05) is 38.8 Å². The molecule has 2 aromatic heterocycles. The van der Waals surface area contributed by atoms with Gasteiger partial charge < -0.3 is 24.8 Å². The van der Waals surface area contributed by atoms with Crippen LogP contribution in [0.3, 0.4) is 0 Å². The number of ether oxygens (including phenoxy) is 3. The molecule has 1 fully saturated rings. The number of anilines is 1. The van der Waals surface area contributed by atoms with E-state index in [9.17, 15) is 4.79 Å². The second-order valence-electron chi connectivity index (χ2n) is 5.68. The molecule has 1 unspecified atom stereocenters. The van der Waals surface area contributed by atoms with Gasteiger partial charge in [-0.15, -0.1) is 11.3 Å². The lowest BCUT2D eigenvalue weighted by atomic mass is 10.1. The minimum Gasteiger partial charge on any atom is -0.385 e. The maximum absolute atomic E-state index is 12.6. The minimum absolute atomic E-state index is 0.186. The summed E-state index contributed by atoms with van der Waals surface area (Å²) in [4.78, 5) is 21.0. The van der Waals surface area contributed by atoms with Gasteiger partial charge >= 0.3 is 0 Å². The van der Waals surface area contributed by atoms with Gasteiger partial charge in [0.15, 0.2) is 11.4 Å². The highest BCUT2D eigenvalue weighted by atomic mass is 32.1. The van der Waals surface area contributed by atoms with Gasteiger partial charge in [-0.3, -0.25) is 9.78 Å². The Kier molecular flexibility index (Phi) is 6.89. The molecule has 2 N–H and O–H groups in total. The molecule has 1 aliphatic rings. The van der Waals surface area contributed by atoms with Gasteiger partial charge in [0.1, 0.15) is 5.69 Å². The summed E-state index contributed by atoms with van der Waals surface area (Å²) in [5.74, 6) is -0.229. The van der Waals surface area contributed by atoms with E-state index < -0.39 is 0 Å². The van der Waals surface area contributed by atoms with Crippen molar-refractivity contribution >= 4 is 22.4 Å². The largest absolute Gasteiger partial charge is 0.385 e.